The molecule has 118 valence electrons. The van der Waals surface area contributed by atoms with Gasteiger partial charge in [-0.3, -0.25) is 4.79 Å². The molecular weight excluding hydrogens is 288 g/mol. The second-order valence-electron chi connectivity index (χ2n) is 6.08. The molecule has 2 aliphatic heterocycles. The molecule has 2 fully saturated rings. The van der Waals surface area contributed by atoms with E-state index >= 15 is 0 Å². The molecule has 0 bridgehead atoms. The van der Waals surface area contributed by atoms with Crippen LogP contribution in [0, 0.1) is 17.8 Å². The predicted octanol–water partition coefficient (Wildman–Crippen LogP) is 0.415. The van der Waals surface area contributed by atoms with Gasteiger partial charge in [0.25, 0.3) is 0 Å². The third-order valence-electron chi connectivity index (χ3n) is 4.86. The van der Waals surface area contributed by atoms with Gasteiger partial charge in [0.2, 0.25) is 5.91 Å². The van der Waals surface area contributed by atoms with Gasteiger partial charge >= 0.3 is 0 Å². The Morgan fingerprint density at radius 2 is 2.10 bits per heavy atom. The lowest BCUT2D eigenvalue weighted by molar-refractivity contribution is -0.145. The molecule has 2 heterocycles. The summed E-state index contributed by atoms with van der Waals surface area (Å²) in [6, 6.07) is -0.253. The molecule has 6 heteroatoms. The molecule has 2 rings (SSSR count). The van der Waals surface area contributed by atoms with Gasteiger partial charge in [-0.1, -0.05) is 12.8 Å². The van der Waals surface area contributed by atoms with E-state index in [1.807, 2.05) is 6.92 Å². The number of nitrogens with one attached hydrogen (secondary N) is 1. The van der Waals surface area contributed by atoms with Crippen LogP contribution in [0.15, 0.2) is 0 Å². The smallest absolute Gasteiger partial charge is 0.229 e. The highest BCUT2D eigenvalue weighted by atomic mass is 32.2. The molecule has 1 atom stereocenters. The molecule has 0 saturated carbocycles. The van der Waals surface area contributed by atoms with Crippen molar-refractivity contribution in [1.82, 2.24) is 10.2 Å². The van der Waals surface area contributed by atoms with Crippen molar-refractivity contribution >= 4 is 15.7 Å². The Bertz CT molecular complexity index is 530. The second-order valence-corrected chi connectivity index (χ2v) is 8.31. The quantitative estimate of drug-likeness (QED) is 0.764. The van der Waals surface area contributed by atoms with Crippen LogP contribution in [0.3, 0.4) is 0 Å². The minimum atomic E-state index is -3.02. The third-order valence-corrected chi connectivity index (χ3v) is 6.61. The number of nitrogens with zero attached hydrogens (tertiary/aromatic N) is 1. The Kier molecular flexibility index (Phi) is 4.95. The van der Waals surface area contributed by atoms with E-state index in [0.717, 1.165) is 32.4 Å². The summed E-state index contributed by atoms with van der Waals surface area (Å²) in [7, 11) is -3.02. The van der Waals surface area contributed by atoms with Gasteiger partial charge in [-0.2, -0.15) is 0 Å². The molecule has 1 unspecified atom stereocenters. The van der Waals surface area contributed by atoms with Gasteiger partial charge in [-0.05, 0) is 38.8 Å². The summed E-state index contributed by atoms with van der Waals surface area (Å²) in [5.41, 5.74) is -0.381. The van der Waals surface area contributed by atoms with Crippen LogP contribution in [0.5, 0.6) is 0 Å². The van der Waals surface area contributed by atoms with Crippen LogP contribution in [-0.4, -0.2) is 56.4 Å². The largest absolute Gasteiger partial charge is 0.327 e. The lowest BCUT2D eigenvalue weighted by atomic mass is 9.75. The lowest BCUT2D eigenvalue weighted by Gasteiger charge is -2.40. The minimum absolute atomic E-state index is 0.0477. The van der Waals surface area contributed by atoms with Crippen molar-refractivity contribution < 1.29 is 13.2 Å². The standard InChI is InChI=1S/C15H24N2O3S/c1-3-10-17(13-5-11-21(19,20)12-13)14(18)15(4-2)6-8-16-9-7-15/h1,13,16H,4-12H2,2H3. The second kappa shape index (κ2) is 6.37. The van der Waals surface area contributed by atoms with Crippen molar-refractivity contribution in [3.8, 4) is 12.3 Å². The Morgan fingerprint density at radius 3 is 2.57 bits per heavy atom. The van der Waals surface area contributed by atoms with E-state index in [2.05, 4.69) is 11.2 Å². The fourth-order valence-corrected chi connectivity index (χ4v) is 5.15. The fraction of sp³-hybridized carbons (Fsp3) is 0.800. The van der Waals surface area contributed by atoms with Crippen LogP contribution in [0.25, 0.3) is 0 Å². The fourth-order valence-electron chi connectivity index (χ4n) is 3.41. The number of amides is 1. The summed E-state index contributed by atoms with van der Waals surface area (Å²) in [6.45, 7) is 3.88. The topological polar surface area (TPSA) is 66.5 Å². The molecular formula is C15H24N2O3S. The van der Waals surface area contributed by atoms with Gasteiger partial charge in [-0.25, -0.2) is 8.42 Å². The van der Waals surface area contributed by atoms with E-state index in [0.29, 0.717) is 6.42 Å². The number of piperidine rings is 1. The van der Waals surface area contributed by atoms with Crippen LogP contribution in [-0.2, 0) is 14.6 Å². The lowest BCUT2D eigenvalue weighted by Crippen LogP contribution is -2.52. The zero-order valence-electron chi connectivity index (χ0n) is 12.6. The first-order chi connectivity index (χ1) is 9.94. The molecule has 2 saturated heterocycles. The number of hydrogen-bond acceptors (Lipinski definition) is 4. The number of carbonyl (C=O) groups is 1. The molecule has 0 aromatic heterocycles. The summed E-state index contributed by atoms with van der Waals surface area (Å²) >= 11 is 0. The summed E-state index contributed by atoms with van der Waals surface area (Å²) in [5.74, 6) is 2.79. The van der Waals surface area contributed by atoms with E-state index in [4.69, 9.17) is 6.42 Å². The van der Waals surface area contributed by atoms with E-state index in [1.165, 1.54) is 0 Å². The Balaban J connectivity index is 2.21. The molecule has 0 spiro atoms. The molecule has 0 aliphatic carbocycles. The van der Waals surface area contributed by atoms with Crippen LogP contribution < -0.4 is 5.32 Å². The molecule has 21 heavy (non-hydrogen) atoms. The number of rotatable bonds is 4. The van der Waals surface area contributed by atoms with Crippen molar-refractivity contribution in [2.75, 3.05) is 31.1 Å². The zero-order chi connectivity index (χ0) is 15.5. The van der Waals surface area contributed by atoms with Gasteiger partial charge in [0.1, 0.15) is 0 Å². The van der Waals surface area contributed by atoms with E-state index in [9.17, 15) is 13.2 Å². The Hall–Kier alpha value is -1.06. The predicted molar refractivity (Wildman–Crippen MR) is 82.4 cm³/mol. The van der Waals surface area contributed by atoms with Crippen LogP contribution in [0.2, 0.25) is 0 Å². The van der Waals surface area contributed by atoms with Gasteiger partial charge in [0.05, 0.1) is 23.5 Å². The van der Waals surface area contributed by atoms with Crippen molar-refractivity contribution in [3.05, 3.63) is 0 Å². The molecule has 2 aliphatic rings. The normalized spacial score (nSPS) is 27.0. The van der Waals surface area contributed by atoms with Gasteiger partial charge in [0, 0.05) is 6.04 Å². The monoisotopic (exact) mass is 312 g/mol. The van der Waals surface area contributed by atoms with E-state index < -0.39 is 9.84 Å². The first-order valence-electron chi connectivity index (χ1n) is 7.60. The number of terminal acetylenes is 1. The highest BCUT2D eigenvalue weighted by Gasteiger charge is 2.44. The van der Waals surface area contributed by atoms with Crippen LogP contribution in [0.1, 0.15) is 32.6 Å². The van der Waals surface area contributed by atoms with Crippen molar-refractivity contribution in [1.29, 1.82) is 0 Å². The van der Waals surface area contributed by atoms with Crippen molar-refractivity contribution in [2.24, 2.45) is 5.41 Å². The minimum Gasteiger partial charge on any atom is -0.327 e. The molecule has 1 amide bonds. The molecule has 0 radical (unpaired) electrons. The molecule has 1 N–H and O–H groups in total. The Labute approximate surface area is 127 Å². The summed E-state index contributed by atoms with van der Waals surface area (Å²) in [6.07, 6.45) is 8.28. The summed E-state index contributed by atoms with van der Waals surface area (Å²) in [4.78, 5) is 14.7. The number of hydrogen-bond donors (Lipinski definition) is 1. The maximum absolute atomic E-state index is 13.0. The van der Waals surface area contributed by atoms with Crippen LogP contribution >= 0.6 is 0 Å². The highest BCUT2D eigenvalue weighted by Crippen LogP contribution is 2.36. The van der Waals surface area contributed by atoms with Crippen LogP contribution in [0.4, 0.5) is 0 Å². The van der Waals surface area contributed by atoms with Crippen molar-refractivity contribution in [2.45, 2.75) is 38.6 Å². The average Bonchev–Trinajstić information content (AvgIpc) is 2.84. The highest BCUT2D eigenvalue weighted by molar-refractivity contribution is 7.91. The average molecular weight is 312 g/mol. The maximum atomic E-state index is 13.0. The number of sulfone groups is 1. The zero-order valence-corrected chi connectivity index (χ0v) is 13.4. The van der Waals surface area contributed by atoms with Gasteiger partial charge in [0.15, 0.2) is 9.84 Å². The maximum Gasteiger partial charge on any atom is 0.229 e. The van der Waals surface area contributed by atoms with E-state index in [-0.39, 0.29) is 35.4 Å². The Morgan fingerprint density at radius 1 is 1.43 bits per heavy atom. The number of carbonyl (C=O) groups excluding carboxylic acids is 1. The molecule has 0 aromatic rings. The third kappa shape index (κ3) is 3.41. The first kappa shape index (κ1) is 16.3. The molecule has 0 aromatic carbocycles. The van der Waals surface area contributed by atoms with Gasteiger partial charge < -0.3 is 10.2 Å². The van der Waals surface area contributed by atoms with E-state index in [1.54, 1.807) is 4.90 Å². The molecule has 5 nitrogen and oxygen atoms in total. The van der Waals surface area contributed by atoms with Gasteiger partial charge in [-0.15, -0.1) is 6.42 Å². The van der Waals surface area contributed by atoms with Crippen molar-refractivity contribution in [3.63, 3.8) is 0 Å². The SMILES string of the molecule is C#CCN(C(=O)C1(CC)CCNCC1)C1CCS(=O)(=O)C1. The summed E-state index contributed by atoms with van der Waals surface area (Å²) < 4.78 is 23.4. The first-order valence-corrected chi connectivity index (χ1v) is 9.42. The summed E-state index contributed by atoms with van der Waals surface area (Å²) in [5, 5.41) is 3.28.